The number of carbonyl (C=O) groups excluding carboxylic acids is 2. The quantitative estimate of drug-likeness (QED) is 0.562. The molecule has 4 aliphatic rings. The van der Waals surface area contributed by atoms with E-state index in [1.807, 2.05) is 34.1 Å². The summed E-state index contributed by atoms with van der Waals surface area (Å²) >= 11 is 0. The van der Waals surface area contributed by atoms with E-state index in [0.29, 0.717) is 30.8 Å². The summed E-state index contributed by atoms with van der Waals surface area (Å²) in [7, 11) is 0. The molecule has 1 aromatic carbocycles. The van der Waals surface area contributed by atoms with E-state index >= 15 is 0 Å². The van der Waals surface area contributed by atoms with E-state index in [2.05, 4.69) is 44.0 Å². The number of benzene rings is 1. The fourth-order valence-electron chi connectivity index (χ4n) is 5.82. The lowest BCUT2D eigenvalue weighted by molar-refractivity contribution is -0.133. The Bertz CT molecular complexity index is 899. The van der Waals surface area contributed by atoms with Crippen molar-refractivity contribution in [2.24, 2.45) is 17.3 Å². The second-order valence-corrected chi connectivity index (χ2v) is 11.0. The van der Waals surface area contributed by atoms with Crippen molar-refractivity contribution in [3.8, 4) is 0 Å². The van der Waals surface area contributed by atoms with Crippen LogP contribution in [0.3, 0.4) is 0 Å². The van der Waals surface area contributed by atoms with Gasteiger partial charge in [0.1, 0.15) is 0 Å². The molecule has 2 fully saturated rings. The Hall–Kier alpha value is -2.34. The minimum atomic E-state index is -0.0271. The summed E-state index contributed by atoms with van der Waals surface area (Å²) in [6, 6.07) is 7.97. The number of rotatable bonds is 8. The van der Waals surface area contributed by atoms with E-state index in [0.717, 1.165) is 57.2 Å². The van der Waals surface area contributed by atoms with Crippen molar-refractivity contribution < 1.29 is 9.59 Å². The van der Waals surface area contributed by atoms with E-state index in [9.17, 15) is 9.59 Å². The molecule has 2 bridgehead atoms. The molecule has 1 N–H and O–H groups in total. The van der Waals surface area contributed by atoms with E-state index in [1.165, 1.54) is 17.6 Å². The Morgan fingerprint density at radius 2 is 1.82 bits per heavy atom. The van der Waals surface area contributed by atoms with Crippen LogP contribution in [0.15, 0.2) is 35.9 Å². The van der Waals surface area contributed by atoms with Crippen LogP contribution in [0.5, 0.6) is 0 Å². The van der Waals surface area contributed by atoms with Gasteiger partial charge in [0.05, 0.1) is 0 Å². The van der Waals surface area contributed by atoms with E-state index < -0.39 is 0 Å². The predicted molar refractivity (Wildman–Crippen MR) is 138 cm³/mol. The number of hydrogen-bond acceptors (Lipinski definition) is 3. The molecule has 0 radical (unpaired) electrons. The van der Waals surface area contributed by atoms with Gasteiger partial charge in [-0.25, -0.2) is 4.79 Å². The third kappa shape index (κ3) is 5.48. The van der Waals surface area contributed by atoms with Gasteiger partial charge in [0.25, 0.3) is 0 Å². The van der Waals surface area contributed by atoms with Gasteiger partial charge in [-0.05, 0) is 55.6 Å². The molecule has 0 spiro atoms. The molecule has 6 nitrogen and oxygen atoms in total. The number of nitrogens with one attached hydrogen (secondary N) is 1. The van der Waals surface area contributed by atoms with Crippen molar-refractivity contribution in [1.29, 1.82) is 0 Å². The molecule has 2 unspecified atom stereocenters. The molecule has 3 amide bonds. The number of amides is 3. The predicted octanol–water partition coefficient (Wildman–Crippen LogP) is 4.77. The monoisotopic (exact) mass is 466 g/mol. The summed E-state index contributed by atoms with van der Waals surface area (Å²) in [4.78, 5) is 31.9. The largest absolute Gasteiger partial charge is 0.340 e. The zero-order valence-electron chi connectivity index (χ0n) is 21.5. The second kappa shape index (κ2) is 10.5. The molecule has 186 valence electrons. The average Bonchev–Trinajstić information content (AvgIpc) is 2.83. The summed E-state index contributed by atoms with van der Waals surface area (Å²) < 4.78 is 0. The highest BCUT2D eigenvalue weighted by atomic mass is 16.2. The molecular weight excluding hydrogens is 424 g/mol. The summed E-state index contributed by atoms with van der Waals surface area (Å²) in [6.45, 7) is 14.4. The number of urea groups is 1. The van der Waals surface area contributed by atoms with E-state index in [1.54, 1.807) is 0 Å². The van der Waals surface area contributed by atoms with Gasteiger partial charge in [0, 0.05) is 57.9 Å². The maximum Gasteiger partial charge on any atom is 0.322 e. The first-order valence-corrected chi connectivity index (χ1v) is 13.1. The molecule has 1 saturated carbocycles. The average molecular weight is 467 g/mol. The third-order valence-electron chi connectivity index (χ3n) is 8.42. The van der Waals surface area contributed by atoms with Gasteiger partial charge in [-0.15, -0.1) is 0 Å². The van der Waals surface area contributed by atoms with Crippen LogP contribution >= 0.6 is 0 Å². The lowest BCUT2D eigenvalue weighted by atomic mass is 9.49. The van der Waals surface area contributed by atoms with Crippen molar-refractivity contribution in [2.45, 2.75) is 53.4 Å². The minimum absolute atomic E-state index is 0.0271. The van der Waals surface area contributed by atoms with Gasteiger partial charge >= 0.3 is 6.03 Å². The fourth-order valence-corrected chi connectivity index (χ4v) is 5.82. The van der Waals surface area contributed by atoms with Crippen LogP contribution in [0, 0.1) is 24.2 Å². The van der Waals surface area contributed by atoms with Crippen LogP contribution in [0.4, 0.5) is 10.5 Å². The number of anilines is 1. The van der Waals surface area contributed by atoms with Crippen LogP contribution in [-0.2, 0) is 4.79 Å². The highest BCUT2D eigenvalue weighted by Gasteiger charge is 2.51. The Labute approximate surface area is 205 Å². The number of piperazine rings is 1. The standard InChI is InChI=1S/C28H42N4O2/c1-5-6-26(33)31-16-13-30(14-17-31)15-18-32(27(34)29-24-11-7-21(2)8-12-24)20-22-9-10-23-19-25(22)28(23,3)4/h7-9,11-12,23,25H,5-6,10,13-20H2,1-4H3,(H,29,34). The van der Waals surface area contributed by atoms with Crippen molar-refractivity contribution in [3.63, 3.8) is 0 Å². The van der Waals surface area contributed by atoms with E-state index in [-0.39, 0.29) is 11.9 Å². The molecular formula is C28H42N4O2. The number of aryl methyl sites for hydroxylation is 1. The van der Waals surface area contributed by atoms with Gasteiger partial charge in [-0.2, -0.15) is 0 Å². The number of nitrogens with zero attached hydrogens (tertiary/aromatic N) is 3. The van der Waals surface area contributed by atoms with Crippen molar-refractivity contribution in [1.82, 2.24) is 14.7 Å². The van der Waals surface area contributed by atoms with Gasteiger partial charge in [0.15, 0.2) is 0 Å². The molecule has 34 heavy (non-hydrogen) atoms. The van der Waals surface area contributed by atoms with E-state index in [4.69, 9.17) is 0 Å². The highest BCUT2D eigenvalue weighted by molar-refractivity contribution is 5.89. The summed E-state index contributed by atoms with van der Waals surface area (Å²) in [5, 5.41) is 3.12. The Kier molecular flexibility index (Phi) is 7.66. The molecule has 6 heteroatoms. The third-order valence-corrected chi connectivity index (χ3v) is 8.42. The molecule has 0 aromatic heterocycles. The summed E-state index contributed by atoms with van der Waals surface area (Å²) in [5.74, 6) is 1.66. The normalized spacial score (nSPS) is 23.6. The lowest BCUT2D eigenvalue weighted by Crippen LogP contribution is -2.52. The fraction of sp³-hybridized carbons (Fsp3) is 0.643. The molecule has 1 heterocycles. The van der Waals surface area contributed by atoms with Crippen LogP contribution < -0.4 is 5.32 Å². The topological polar surface area (TPSA) is 55.9 Å². The molecule has 3 aliphatic carbocycles. The Morgan fingerprint density at radius 3 is 2.44 bits per heavy atom. The SMILES string of the molecule is CCCC(=O)N1CCN(CCN(CC2=CCC3CC2C3(C)C)C(=O)Nc2ccc(C)cc2)CC1. The molecule has 1 saturated heterocycles. The first-order valence-electron chi connectivity index (χ1n) is 13.1. The minimum Gasteiger partial charge on any atom is -0.340 e. The van der Waals surface area contributed by atoms with Crippen molar-refractivity contribution in [2.75, 3.05) is 51.1 Å². The lowest BCUT2D eigenvalue weighted by Gasteiger charge is -2.57. The zero-order valence-corrected chi connectivity index (χ0v) is 21.5. The first-order chi connectivity index (χ1) is 16.3. The van der Waals surface area contributed by atoms with Gasteiger partial charge in [-0.1, -0.05) is 50.1 Å². The molecule has 2 atom stereocenters. The summed E-state index contributed by atoms with van der Waals surface area (Å²) in [6.07, 6.45) is 6.34. The van der Waals surface area contributed by atoms with Gasteiger partial charge in [-0.3, -0.25) is 9.69 Å². The number of fused-ring (bicyclic) bond motifs is 1. The van der Waals surface area contributed by atoms with Crippen LogP contribution in [0.1, 0.15) is 52.0 Å². The number of hydrogen-bond donors (Lipinski definition) is 1. The van der Waals surface area contributed by atoms with Crippen molar-refractivity contribution >= 4 is 17.6 Å². The van der Waals surface area contributed by atoms with Gasteiger partial charge in [0.2, 0.25) is 5.91 Å². The zero-order chi connectivity index (χ0) is 24.3. The van der Waals surface area contributed by atoms with Gasteiger partial charge < -0.3 is 15.1 Å². The first kappa shape index (κ1) is 24.8. The highest BCUT2D eigenvalue weighted by Crippen LogP contribution is 2.59. The Morgan fingerprint density at radius 1 is 1.12 bits per heavy atom. The number of carbonyl (C=O) groups is 2. The molecule has 5 rings (SSSR count). The number of allylic oxidation sites excluding steroid dienone is 1. The maximum absolute atomic E-state index is 13.4. The van der Waals surface area contributed by atoms with Crippen molar-refractivity contribution in [3.05, 3.63) is 41.5 Å². The molecule has 1 aliphatic heterocycles. The molecule has 1 aromatic rings. The van der Waals surface area contributed by atoms with Crippen LogP contribution in [0.2, 0.25) is 0 Å². The summed E-state index contributed by atoms with van der Waals surface area (Å²) in [5.41, 5.74) is 3.80. The Balaban J connectivity index is 1.37. The van der Waals surface area contributed by atoms with Crippen LogP contribution in [0.25, 0.3) is 0 Å². The smallest absolute Gasteiger partial charge is 0.322 e. The maximum atomic E-state index is 13.4. The second-order valence-electron chi connectivity index (χ2n) is 11.0. The van der Waals surface area contributed by atoms with Crippen LogP contribution in [-0.4, -0.2) is 72.5 Å².